The summed E-state index contributed by atoms with van der Waals surface area (Å²) in [5.41, 5.74) is 6.68. The number of hydrogen-bond acceptors (Lipinski definition) is 3. The van der Waals surface area contributed by atoms with Crippen LogP contribution in [0.5, 0.6) is 0 Å². The lowest BCUT2D eigenvalue weighted by molar-refractivity contribution is -0.153. The fourth-order valence-corrected chi connectivity index (χ4v) is 2.68. The third-order valence-corrected chi connectivity index (χ3v) is 4.12. The van der Waals surface area contributed by atoms with E-state index in [0.717, 1.165) is 19.3 Å². The number of aryl methyl sites for hydroxylation is 1. The molecule has 2 N–H and O–H groups in total. The molecule has 0 spiro atoms. The van der Waals surface area contributed by atoms with E-state index in [9.17, 15) is 4.79 Å². The largest absolute Gasteiger partial charge is 0.469 e. The number of hydrogen-bond donors (Lipinski definition) is 1. The summed E-state index contributed by atoms with van der Waals surface area (Å²) in [6.07, 6.45) is 4.98. The van der Waals surface area contributed by atoms with Crippen molar-refractivity contribution in [3.63, 3.8) is 0 Å². The van der Waals surface area contributed by atoms with Crippen molar-refractivity contribution >= 4 is 5.97 Å². The van der Waals surface area contributed by atoms with Crippen LogP contribution in [0.15, 0.2) is 30.3 Å². The van der Waals surface area contributed by atoms with Gasteiger partial charge in [0.05, 0.1) is 12.5 Å². The first-order valence-corrected chi connectivity index (χ1v) is 7.02. The lowest BCUT2D eigenvalue weighted by Crippen LogP contribution is -2.40. The smallest absolute Gasteiger partial charge is 0.313 e. The number of rotatable bonds is 7. The van der Waals surface area contributed by atoms with Crippen molar-refractivity contribution in [2.75, 3.05) is 13.7 Å². The molecule has 1 atom stereocenters. The topological polar surface area (TPSA) is 52.3 Å². The van der Waals surface area contributed by atoms with Gasteiger partial charge in [-0.05, 0) is 30.7 Å². The highest BCUT2D eigenvalue weighted by molar-refractivity contribution is 5.77. The molecule has 0 aromatic heterocycles. The van der Waals surface area contributed by atoms with E-state index in [1.807, 2.05) is 18.2 Å². The van der Waals surface area contributed by atoms with Gasteiger partial charge in [0.25, 0.3) is 0 Å². The summed E-state index contributed by atoms with van der Waals surface area (Å²) in [6, 6.07) is 10.2. The number of carbonyl (C=O) groups excluding carboxylic acids is 1. The molecule has 0 heterocycles. The number of esters is 1. The van der Waals surface area contributed by atoms with E-state index >= 15 is 0 Å². The third-order valence-electron chi connectivity index (χ3n) is 4.12. The summed E-state index contributed by atoms with van der Waals surface area (Å²) in [5.74, 6) is 0.524. The zero-order valence-corrected chi connectivity index (χ0v) is 11.6. The summed E-state index contributed by atoms with van der Waals surface area (Å²) in [7, 11) is 1.46. The summed E-state index contributed by atoms with van der Waals surface area (Å²) >= 11 is 0. The van der Waals surface area contributed by atoms with Crippen LogP contribution in [0.25, 0.3) is 0 Å². The van der Waals surface area contributed by atoms with E-state index in [1.165, 1.54) is 25.5 Å². The van der Waals surface area contributed by atoms with Crippen molar-refractivity contribution in [2.45, 2.75) is 32.1 Å². The lowest BCUT2D eigenvalue weighted by atomic mass is 9.77. The maximum Gasteiger partial charge on any atom is 0.313 e. The van der Waals surface area contributed by atoms with Crippen LogP contribution < -0.4 is 5.73 Å². The highest BCUT2D eigenvalue weighted by Gasteiger charge is 2.42. The van der Waals surface area contributed by atoms with Gasteiger partial charge in [-0.15, -0.1) is 0 Å². The Balaban J connectivity index is 2.05. The van der Waals surface area contributed by atoms with Gasteiger partial charge in [0.15, 0.2) is 0 Å². The van der Waals surface area contributed by atoms with Gasteiger partial charge in [-0.3, -0.25) is 4.79 Å². The van der Waals surface area contributed by atoms with Crippen molar-refractivity contribution in [1.82, 2.24) is 0 Å². The van der Waals surface area contributed by atoms with Crippen LogP contribution in [-0.2, 0) is 16.0 Å². The second kappa shape index (κ2) is 6.20. The fourth-order valence-electron chi connectivity index (χ4n) is 2.68. The van der Waals surface area contributed by atoms with Crippen molar-refractivity contribution in [3.8, 4) is 0 Å². The van der Waals surface area contributed by atoms with E-state index in [-0.39, 0.29) is 5.97 Å². The Morgan fingerprint density at radius 3 is 2.58 bits per heavy atom. The summed E-state index contributed by atoms with van der Waals surface area (Å²) < 4.78 is 5.00. The van der Waals surface area contributed by atoms with Gasteiger partial charge in [0, 0.05) is 6.54 Å². The first kappa shape index (κ1) is 14.1. The minimum absolute atomic E-state index is 0.141. The minimum atomic E-state index is -0.494. The number of methoxy groups -OCH3 is 1. The Morgan fingerprint density at radius 1 is 1.37 bits per heavy atom. The van der Waals surface area contributed by atoms with Crippen molar-refractivity contribution in [2.24, 2.45) is 17.1 Å². The lowest BCUT2D eigenvalue weighted by Gasteiger charge is -2.29. The molecule has 0 amide bonds. The fraction of sp³-hybridized carbons (Fsp3) is 0.562. The molecule has 1 aliphatic rings. The molecule has 2 rings (SSSR count). The molecule has 0 bridgehead atoms. The Hall–Kier alpha value is -1.35. The predicted octanol–water partition coefficient (Wildman–Crippen LogP) is 2.54. The molecule has 1 aromatic rings. The van der Waals surface area contributed by atoms with Gasteiger partial charge in [-0.2, -0.15) is 0 Å². The molecular weight excluding hydrogens is 238 g/mol. The van der Waals surface area contributed by atoms with E-state index in [4.69, 9.17) is 10.5 Å². The minimum Gasteiger partial charge on any atom is -0.469 e. The molecule has 1 unspecified atom stereocenters. The van der Waals surface area contributed by atoms with Crippen molar-refractivity contribution in [3.05, 3.63) is 35.9 Å². The third kappa shape index (κ3) is 3.57. The highest BCUT2D eigenvalue weighted by Crippen LogP contribution is 2.42. The molecule has 0 radical (unpaired) electrons. The monoisotopic (exact) mass is 261 g/mol. The molecular formula is C16H23NO2. The van der Waals surface area contributed by atoms with Crippen LogP contribution >= 0.6 is 0 Å². The Labute approximate surface area is 115 Å². The summed E-state index contributed by atoms with van der Waals surface area (Å²) in [6.45, 7) is 0.378. The normalized spacial score (nSPS) is 17.8. The van der Waals surface area contributed by atoms with E-state index in [1.54, 1.807) is 0 Å². The highest BCUT2D eigenvalue weighted by atomic mass is 16.5. The summed E-state index contributed by atoms with van der Waals surface area (Å²) in [4.78, 5) is 12.1. The average molecular weight is 261 g/mol. The Morgan fingerprint density at radius 2 is 2.05 bits per heavy atom. The van der Waals surface area contributed by atoms with Crippen LogP contribution in [0.4, 0.5) is 0 Å². The van der Waals surface area contributed by atoms with E-state index < -0.39 is 5.41 Å². The molecule has 1 aliphatic carbocycles. The van der Waals surface area contributed by atoms with E-state index in [0.29, 0.717) is 12.5 Å². The molecule has 104 valence electrons. The van der Waals surface area contributed by atoms with Gasteiger partial charge in [-0.25, -0.2) is 0 Å². The number of ether oxygens (including phenoxy) is 1. The quantitative estimate of drug-likeness (QED) is 0.767. The maximum atomic E-state index is 12.1. The zero-order valence-electron chi connectivity index (χ0n) is 11.6. The number of carbonyl (C=O) groups is 1. The number of benzene rings is 1. The zero-order chi connectivity index (χ0) is 13.7. The van der Waals surface area contributed by atoms with Gasteiger partial charge >= 0.3 is 5.97 Å². The van der Waals surface area contributed by atoms with Gasteiger partial charge in [-0.1, -0.05) is 43.2 Å². The van der Waals surface area contributed by atoms with Crippen molar-refractivity contribution in [1.29, 1.82) is 0 Å². The van der Waals surface area contributed by atoms with Crippen molar-refractivity contribution < 1.29 is 9.53 Å². The van der Waals surface area contributed by atoms with Crippen LogP contribution in [0, 0.1) is 11.3 Å². The predicted molar refractivity (Wildman–Crippen MR) is 75.6 cm³/mol. The first-order chi connectivity index (χ1) is 9.20. The van der Waals surface area contributed by atoms with Crippen LogP contribution in [-0.4, -0.2) is 19.6 Å². The SMILES string of the molecule is COC(=O)C(CN)(CCc1ccccc1)CC1CC1. The summed E-state index contributed by atoms with van der Waals surface area (Å²) in [5, 5.41) is 0. The molecule has 3 nitrogen and oxygen atoms in total. The molecule has 1 aromatic carbocycles. The van der Waals surface area contributed by atoms with Crippen LogP contribution in [0.2, 0.25) is 0 Å². The second-order valence-electron chi connectivity index (χ2n) is 5.61. The molecule has 0 saturated heterocycles. The molecule has 3 heteroatoms. The first-order valence-electron chi connectivity index (χ1n) is 7.02. The van der Waals surface area contributed by atoms with E-state index in [2.05, 4.69) is 12.1 Å². The van der Waals surface area contributed by atoms with Crippen LogP contribution in [0.3, 0.4) is 0 Å². The van der Waals surface area contributed by atoms with Gasteiger partial charge in [0.1, 0.15) is 0 Å². The molecule has 1 fully saturated rings. The van der Waals surface area contributed by atoms with Gasteiger partial charge in [0.2, 0.25) is 0 Å². The Bertz CT molecular complexity index is 414. The molecule has 0 aliphatic heterocycles. The van der Waals surface area contributed by atoms with Crippen LogP contribution in [0.1, 0.15) is 31.2 Å². The Kier molecular flexibility index (Phi) is 4.59. The average Bonchev–Trinajstić information content (AvgIpc) is 3.27. The number of nitrogens with two attached hydrogens (primary N) is 1. The molecule has 19 heavy (non-hydrogen) atoms. The second-order valence-corrected chi connectivity index (χ2v) is 5.61. The molecule has 1 saturated carbocycles. The van der Waals surface area contributed by atoms with Gasteiger partial charge < -0.3 is 10.5 Å². The maximum absolute atomic E-state index is 12.1. The standard InChI is InChI=1S/C16H23NO2/c1-19-15(18)16(12-17,11-14-7-8-14)10-9-13-5-3-2-4-6-13/h2-6,14H,7-12,17H2,1H3.